The van der Waals surface area contributed by atoms with Gasteiger partial charge in [-0.2, -0.15) is 0 Å². The van der Waals surface area contributed by atoms with Crippen LogP contribution in [-0.4, -0.2) is 59.5 Å². The maximum Gasteiger partial charge on any atom is 0.244 e. The molecule has 1 aromatic carbocycles. The Hall–Kier alpha value is -3.13. The van der Waals surface area contributed by atoms with Crippen LogP contribution in [-0.2, 0) is 22.7 Å². The Morgan fingerprint density at radius 1 is 1.13 bits per heavy atom. The second-order valence-electron chi connectivity index (χ2n) is 7.53. The summed E-state index contributed by atoms with van der Waals surface area (Å²) >= 11 is 0. The molecule has 30 heavy (non-hydrogen) atoms. The van der Waals surface area contributed by atoms with Gasteiger partial charge in [0.1, 0.15) is 6.54 Å². The number of pyridine rings is 1. The van der Waals surface area contributed by atoms with E-state index in [0.29, 0.717) is 19.6 Å². The molecule has 1 aliphatic rings. The van der Waals surface area contributed by atoms with Crippen LogP contribution in [0.15, 0.2) is 41.3 Å². The third-order valence-electron chi connectivity index (χ3n) is 5.22. The molecule has 2 heterocycles. The van der Waals surface area contributed by atoms with Crippen molar-refractivity contribution < 1.29 is 14.3 Å². The topological polar surface area (TPSA) is 83.9 Å². The van der Waals surface area contributed by atoms with Crippen LogP contribution >= 0.6 is 0 Å². The van der Waals surface area contributed by atoms with Gasteiger partial charge in [0.15, 0.2) is 5.75 Å². The zero-order valence-electron chi connectivity index (χ0n) is 17.7. The Morgan fingerprint density at radius 2 is 1.87 bits per heavy atom. The fourth-order valence-corrected chi connectivity index (χ4v) is 3.56. The van der Waals surface area contributed by atoms with Crippen molar-refractivity contribution in [3.63, 3.8) is 0 Å². The van der Waals surface area contributed by atoms with Crippen molar-refractivity contribution in [2.75, 3.05) is 38.6 Å². The van der Waals surface area contributed by atoms with Crippen molar-refractivity contribution in [1.29, 1.82) is 0 Å². The average molecular weight is 412 g/mol. The number of carbonyl (C=O) groups excluding carboxylic acids is 2. The van der Waals surface area contributed by atoms with Gasteiger partial charge in [0, 0.05) is 57.1 Å². The number of benzene rings is 1. The Labute approximate surface area is 176 Å². The van der Waals surface area contributed by atoms with E-state index in [0.717, 1.165) is 30.0 Å². The standard InChI is InChI=1S/C22H28N4O4/c1-16-5-4-6-18(11-16)23-22(29)15-26-14-21(30-3)20(28)12-19(26)13-24-7-9-25(10-8-24)17(2)27/h4-6,11-12,14H,7-10,13,15H2,1-3H3,(H,23,29). The molecule has 0 radical (unpaired) electrons. The molecule has 160 valence electrons. The van der Waals surface area contributed by atoms with Crippen molar-refractivity contribution in [1.82, 2.24) is 14.4 Å². The minimum atomic E-state index is -0.217. The van der Waals surface area contributed by atoms with E-state index in [1.165, 1.54) is 13.2 Å². The maximum absolute atomic E-state index is 12.6. The van der Waals surface area contributed by atoms with E-state index in [4.69, 9.17) is 4.74 Å². The maximum atomic E-state index is 12.6. The molecule has 0 spiro atoms. The number of aryl methyl sites for hydroxylation is 1. The number of hydrogen-bond acceptors (Lipinski definition) is 5. The first-order valence-electron chi connectivity index (χ1n) is 9.97. The minimum absolute atomic E-state index is 0.0628. The van der Waals surface area contributed by atoms with Gasteiger partial charge in [-0.25, -0.2) is 0 Å². The van der Waals surface area contributed by atoms with Crippen molar-refractivity contribution in [3.8, 4) is 5.75 Å². The van der Waals surface area contributed by atoms with E-state index in [-0.39, 0.29) is 29.5 Å². The number of nitrogens with zero attached hydrogens (tertiary/aromatic N) is 3. The first-order chi connectivity index (χ1) is 14.4. The van der Waals surface area contributed by atoms with Gasteiger partial charge in [0.05, 0.1) is 13.3 Å². The molecule has 1 fully saturated rings. The van der Waals surface area contributed by atoms with Gasteiger partial charge in [-0.05, 0) is 24.6 Å². The van der Waals surface area contributed by atoms with E-state index in [1.54, 1.807) is 17.7 Å². The number of nitrogens with one attached hydrogen (secondary N) is 1. The Morgan fingerprint density at radius 3 is 2.50 bits per heavy atom. The molecular weight excluding hydrogens is 384 g/mol. The molecule has 3 rings (SSSR count). The Kier molecular flexibility index (Phi) is 6.89. The number of amides is 2. The lowest BCUT2D eigenvalue weighted by molar-refractivity contribution is -0.130. The third kappa shape index (κ3) is 5.48. The molecule has 1 saturated heterocycles. The smallest absolute Gasteiger partial charge is 0.244 e. The number of carbonyl (C=O) groups is 2. The van der Waals surface area contributed by atoms with Crippen LogP contribution in [0.25, 0.3) is 0 Å². The molecule has 1 aromatic heterocycles. The second kappa shape index (κ2) is 9.58. The minimum Gasteiger partial charge on any atom is -0.491 e. The van der Waals surface area contributed by atoms with Gasteiger partial charge in [0.25, 0.3) is 0 Å². The van der Waals surface area contributed by atoms with Gasteiger partial charge in [0.2, 0.25) is 17.2 Å². The van der Waals surface area contributed by atoms with Crippen LogP contribution in [0.3, 0.4) is 0 Å². The van der Waals surface area contributed by atoms with Crippen LogP contribution in [0.4, 0.5) is 5.69 Å². The summed E-state index contributed by atoms with van der Waals surface area (Å²) in [4.78, 5) is 40.5. The van der Waals surface area contributed by atoms with Crippen LogP contribution < -0.4 is 15.5 Å². The zero-order valence-corrected chi connectivity index (χ0v) is 17.7. The lowest BCUT2D eigenvalue weighted by Gasteiger charge is -2.34. The first-order valence-corrected chi connectivity index (χ1v) is 9.97. The van der Waals surface area contributed by atoms with Gasteiger partial charge >= 0.3 is 0 Å². The summed E-state index contributed by atoms with van der Waals surface area (Å²) in [5.74, 6) is 0.0845. The Balaban J connectivity index is 1.75. The van der Waals surface area contributed by atoms with Crippen LogP contribution in [0, 0.1) is 6.92 Å². The number of aromatic nitrogens is 1. The number of methoxy groups -OCH3 is 1. The fourth-order valence-electron chi connectivity index (χ4n) is 3.56. The fraction of sp³-hybridized carbons (Fsp3) is 0.409. The lowest BCUT2D eigenvalue weighted by atomic mass is 10.2. The molecule has 0 saturated carbocycles. The largest absolute Gasteiger partial charge is 0.491 e. The van der Waals surface area contributed by atoms with E-state index in [9.17, 15) is 14.4 Å². The zero-order chi connectivity index (χ0) is 21.7. The summed E-state index contributed by atoms with van der Waals surface area (Å²) in [7, 11) is 1.44. The molecule has 0 aliphatic carbocycles. The predicted octanol–water partition coefficient (Wildman–Crippen LogP) is 1.47. The van der Waals surface area contributed by atoms with E-state index >= 15 is 0 Å². The molecule has 0 atom stereocenters. The quantitative estimate of drug-likeness (QED) is 0.777. The molecule has 0 unspecified atom stereocenters. The summed E-state index contributed by atoms with van der Waals surface area (Å²) in [5.41, 5.74) is 2.31. The number of rotatable bonds is 6. The van der Waals surface area contributed by atoms with Crippen LogP contribution in [0.2, 0.25) is 0 Å². The van der Waals surface area contributed by atoms with Gasteiger partial charge < -0.3 is 19.5 Å². The number of piperazine rings is 1. The highest BCUT2D eigenvalue weighted by Crippen LogP contribution is 2.13. The first kappa shape index (κ1) is 21.6. The lowest BCUT2D eigenvalue weighted by Crippen LogP contribution is -2.47. The third-order valence-corrected chi connectivity index (χ3v) is 5.22. The van der Waals surface area contributed by atoms with E-state index < -0.39 is 0 Å². The molecule has 1 aliphatic heterocycles. The highest BCUT2D eigenvalue weighted by atomic mass is 16.5. The highest BCUT2D eigenvalue weighted by molar-refractivity contribution is 5.90. The second-order valence-corrected chi connectivity index (χ2v) is 7.53. The van der Waals surface area contributed by atoms with E-state index in [2.05, 4.69) is 10.2 Å². The summed E-state index contributed by atoms with van der Waals surface area (Å²) in [6.45, 7) is 6.86. The van der Waals surface area contributed by atoms with E-state index in [1.807, 2.05) is 36.1 Å². The Bertz CT molecular complexity index is 977. The molecule has 8 nitrogen and oxygen atoms in total. The van der Waals surface area contributed by atoms with Gasteiger partial charge in [-0.15, -0.1) is 0 Å². The summed E-state index contributed by atoms with van der Waals surface area (Å²) in [6, 6.07) is 9.12. The van der Waals surface area contributed by atoms with Crippen molar-refractivity contribution in [2.45, 2.75) is 26.9 Å². The van der Waals surface area contributed by atoms with Crippen molar-refractivity contribution in [2.24, 2.45) is 0 Å². The molecule has 1 N–H and O–H groups in total. The summed E-state index contributed by atoms with van der Waals surface area (Å²) in [5, 5.41) is 2.90. The van der Waals surface area contributed by atoms with Gasteiger partial charge in [-0.3, -0.25) is 19.3 Å². The number of ether oxygens (including phenoxy) is 1. The van der Waals surface area contributed by atoms with Crippen LogP contribution in [0.5, 0.6) is 5.75 Å². The molecule has 8 heteroatoms. The van der Waals surface area contributed by atoms with Crippen molar-refractivity contribution in [3.05, 3.63) is 58.0 Å². The normalized spacial score (nSPS) is 14.4. The molecular formula is C22H28N4O4. The number of anilines is 1. The SMILES string of the molecule is COc1cn(CC(=O)Nc2cccc(C)c2)c(CN2CCN(C(C)=O)CC2)cc1=O. The average Bonchev–Trinajstić information content (AvgIpc) is 2.70. The van der Waals surface area contributed by atoms with Crippen LogP contribution in [0.1, 0.15) is 18.2 Å². The highest BCUT2D eigenvalue weighted by Gasteiger charge is 2.20. The number of hydrogen-bond donors (Lipinski definition) is 1. The summed E-state index contributed by atoms with van der Waals surface area (Å²) < 4.78 is 6.92. The van der Waals surface area contributed by atoms with Crippen molar-refractivity contribution >= 4 is 17.5 Å². The van der Waals surface area contributed by atoms with Gasteiger partial charge in [-0.1, -0.05) is 12.1 Å². The molecule has 2 amide bonds. The monoisotopic (exact) mass is 412 g/mol. The molecule has 0 bridgehead atoms. The molecule has 2 aromatic rings. The summed E-state index contributed by atoms with van der Waals surface area (Å²) in [6.07, 6.45) is 1.58. The predicted molar refractivity (Wildman–Crippen MR) is 115 cm³/mol.